The molecule has 0 aromatic heterocycles. The van der Waals surface area contributed by atoms with Gasteiger partial charge in [-0.1, -0.05) is 12.7 Å². The summed E-state index contributed by atoms with van der Waals surface area (Å²) in [5, 5.41) is 0. The molecule has 2 fully saturated rings. The Kier molecular flexibility index (Phi) is 8.07. The van der Waals surface area contributed by atoms with Crippen LogP contribution < -0.4 is 0 Å². The number of rotatable bonds is 5. The highest BCUT2D eigenvalue weighted by molar-refractivity contribution is 5.79. The van der Waals surface area contributed by atoms with Gasteiger partial charge >= 0.3 is 24.2 Å². The lowest BCUT2D eigenvalue weighted by Crippen LogP contribution is -2.44. The van der Waals surface area contributed by atoms with Gasteiger partial charge < -0.3 is 28.4 Å². The van der Waals surface area contributed by atoms with E-state index in [0.29, 0.717) is 6.61 Å². The minimum Gasteiger partial charge on any atom is -0.465 e. The maximum atomic E-state index is 11.4. The van der Waals surface area contributed by atoms with E-state index in [-0.39, 0.29) is 33.0 Å². The molecule has 2 aliphatic heterocycles. The highest BCUT2D eigenvalue weighted by atomic mass is 16.7. The number of hydrogen-bond acceptors (Lipinski definition) is 10. The summed E-state index contributed by atoms with van der Waals surface area (Å²) in [5.74, 6) is -0.854. The molecule has 0 saturated carbocycles. The van der Waals surface area contributed by atoms with E-state index in [1.807, 2.05) is 0 Å². The zero-order valence-corrected chi connectivity index (χ0v) is 15.6. The first-order valence-corrected chi connectivity index (χ1v) is 8.21. The van der Waals surface area contributed by atoms with Gasteiger partial charge in [0.2, 0.25) is 0 Å². The van der Waals surface area contributed by atoms with Crippen LogP contribution in [0.5, 0.6) is 0 Å². The van der Waals surface area contributed by atoms with Gasteiger partial charge in [0.05, 0.1) is 6.61 Å². The van der Waals surface area contributed by atoms with Crippen molar-refractivity contribution in [2.24, 2.45) is 10.8 Å². The summed E-state index contributed by atoms with van der Waals surface area (Å²) < 4.78 is 28.1. The largest absolute Gasteiger partial charge is 0.508 e. The zero-order valence-electron chi connectivity index (χ0n) is 15.6. The summed E-state index contributed by atoms with van der Waals surface area (Å²) in [5.41, 5.74) is -1.76. The second kappa shape index (κ2) is 9.79. The van der Waals surface area contributed by atoms with Gasteiger partial charge in [0, 0.05) is 0 Å². The molecular weight excluding hydrogens is 364 g/mol. The molecule has 2 aliphatic rings. The predicted molar refractivity (Wildman–Crippen MR) is 88.6 cm³/mol. The van der Waals surface area contributed by atoms with Crippen LogP contribution in [-0.4, -0.2) is 63.9 Å². The Morgan fingerprint density at radius 1 is 0.926 bits per heavy atom. The summed E-state index contributed by atoms with van der Waals surface area (Å²) in [6.07, 6.45) is -0.0162. The Morgan fingerprint density at radius 3 is 1.63 bits per heavy atom. The molecule has 0 amide bonds. The molecule has 0 N–H and O–H groups in total. The Hall–Kier alpha value is -2.78. The molecule has 0 spiro atoms. The minimum atomic E-state index is -0.906. The topological polar surface area (TPSA) is 124 Å². The van der Waals surface area contributed by atoms with Gasteiger partial charge in [-0.05, 0) is 20.8 Å². The lowest BCUT2D eigenvalue weighted by molar-refractivity contribution is -0.166. The van der Waals surface area contributed by atoms with E-state index in [1.54, 1.807) is 20.8 Å². The van der Waals surface area contributed by atoms with E-state index < -0.39 is 35.1 Å². The van der Waals surface area contributed by atoms with Gasteiger partial charge in [-0.3, -0.25) is 9.59 Å². The molecule has 10 heteroatoms. The first kappa shape index (κ1) is 22.3. The molecule has 2 saturated heterocycles. The lowest BCUT2D eigenvalue weighted by Gasteiger charge is -2.29. The molecule has 0 radical (unpaired) electrons. The maximum absolute atomic E-state index is 11.4. The summed E-state index contributed by atoms with van der Waals surface area (Å²) in [6.45, 7) is 8.85. The molecule has 152 valence electrons. The monoisotopic (exact) mass is 388 g/mol. The van der Waals surface area contributed by atoms with E-state index >= 15 is 0 Å². The van der Waals surface area contributed by atoms with Crippen molar-refractivity contribution in [3.63, 3.8) is 0 Å². The van der Waals surface area contributed by atoms with E-state index in [0.717, 1.165) is 0 Å². The fourth-order valence-corrected chi connectivity index (χ4v) is 1.89. The third-order valence-corrected chi connectivity index (χ3v) is 3.63. The molecule has 0 atom stereocenters. The van der Waals surface area contributed by atoms with Crippen LogP contribution in [0.1, 0.15) is 20.8 Å². The fraction of sp³-hybridized carbons (Fsp3) is 0.647. The summed E-state index contributed by atoms with van der Waals surface area (Å²) in [4.78, 5) is 43.9. The summed E-state index contributed by atoms with van der Waals surface area (Å²) in [6, 6.07) is 0. The molecule has 27 heavy (non-hydrogen) atoms. The van der Waals surface area contributed by atoms with Crippen LogP contribution in [-0.2, 0) is 38.0 Å². The summed E-state index contributed by atoms with van der Waals surface area (Å²) in [7, 11) is 0. The average molecular weight is 388 g/mol. The van der Waals surface area contributed by atoms with Crippen molar-refractivity contribution in [3.05, 3.63) is 12.7 Å². The molecule has 2 heterocycles. The smallest absolute Gasteiger partial charge is 0.465 e. The van der Waals surface area contributed by atoms with Crippen molar-refractivity contribution in [3.8, 4) is 0 Å². The van der Waals surface area contributed by atoms with Gasteiger partial charge in [0.25, 0.3) is 0 Å². The highest BCUT2D eigenvalue weighted by Gasteiger charge is 2.42. The zero-order chi connectivity index (χ0) is 20.5. The second-order valence-electron chi connectivity index (χ2n) is 6.38. The van der Waals surface area contributed by atoms with E-state index in [4.69, 9.17) is 9.47 Å². The molecule has 0 aromatic carbocycles. The van der Waals surface area contributed by atoms with Crippen molar-refractivity contribution in [2.45, 2.75) is 20.8 Å². The molecule has 0 bridgehead atoms. The third kappa shape index (κ3) is 6.46. The molecular formula is C17H24O10. The van der Waals surface area contributed by atoms with Crippen molar-refractivity contribution < 1.29 is 47.6 Å². The molecule has 0 aliphatic carbocycles. The third-order valence-electron chi connectivity index (χ3n) is 3.63. The van der Waals surface area contributed by atoms with E-state index in [1.165, 1.54) is 6.08 Å². The van der Waals surface area contributed by atoms with Crippen molar-refractivity contribution in [1.82, 2.24) is 0 Å². The number of hydrogen-bond donors (Lipinski definition) is 0. The van der Waals surface area contributed by atoms with Crippen LogP contribution in [0, 0.1) is 10.8 Å². The van der Waals surface area contributed by atoms with Gasteiger partial charge in [-0.25, -0.2) is 9.59 Å². The molecule has 2 rings (SSSR count). The Bertz CT molecular complexity index is 562. The standard InChI is InChI=1S/C9H12O5.C8H12O5/c1-3-4-12-7(10)9(2)5-13-8(11)14-6-9;1-3-11-6(9)8(2)4-12-7(10)13-5-8/h3H,1,4-6H2,2H3;3-5H2,1-2H3. The molecule has 0 aromatic rings. The second-order valence-corrected chi connectivity index (χ2v) is 6.38. The maximum Gasteiger partial charge on any atom is 0.508 e. The van der Waals surface area contributed by atoms with E-state index in [2.05, 4.69) is 25.5 Å². The quantitative estimate of drug-likeness (QED) is 0.390. The van der Waals surface area contributed by atoms with Crippen LogP contribution in [0.3, 0.4) is 0 Å². The number of cyclic esters (lactones) is 4. The Balaban J connectivity index is 0.000000271. The van der Waals surface area contributed by atoms with Crippen LogP contribution >= 0.6 is 0 Å². The first-order valence-electron chi connectivity index (χ1n) is 8.21. The van der Waals surface area contributed by atoms with Crippen LogP contribution in [0.2, 0.25) is 0 Å². The minimum absolute atomic E-state index is 0.0121. The average Bonchev–Trinajstić information content (AvgIpc) is 2.65. The summed E-state index contributed by atoms with van der Waals surface area (Å²) >= 11 is 0. The first-order chi connectivity index (χ1) is 12.7. The van der Waals surface area contributed by atoms with Crippen molar-refractivity contribution in [1.29, 1.82) is 0 Å². The van der Waals surface area contributed by atoms with Crippen LogP contribution in [0.4, 0.5) is 9.59 Å². The SMILES string of the molecule is C=CCOC(=O)C1(C)COC(=O)OC1.CCOC(=O)C1(C)COC(=O)OC1. The molecule has 10 nitrogen and oxygen atoms in total. The van der Waals surface area contributed by atoms with Gasteiger partial charge in [-0.15, -0.1) is 0 Å². The number of ether oxygens (including phenoxy) is 6. The number of carbonyl (C=O) groups is 4. The van der Waals surface area contributed by atoms with Crippen LogP contribution in [0.15, 0.2) is 12.7 Å². The number of carbonyl (C=O) groups excluding carboxylic acids is 4. The fourth-order valence-electron chi connectivity index (χ4n) is 1.89. The Labute approximate surface area is 156 Å². The van der Waals surface area contributed by atoms with Crippen molar-refractivity contribution in [2.75, 3.05) is 39.6 Å². The van der Waals surface area contributed by atoms with Gasteiger partial charge in [0.1, 0.15) is 43.9 Å². The van der Waals surface area contributed by atoms with Crippen molar-refractivity contribution >= 4 is 24.2 Å². The number of esters is 2. The Morgan fingerprint density at radius 2 is 1.30 bits per heavy atom. The van der Waals surface area contributed by atoms with Gasteiger partial charge in [0.15, 0.2) is 0 Å². The van der Waals surface area contributed by atoms with Gasteiger partial charge in [-0.2, -0.15) is 0 Å². The van der Waals surface area contributed by atoms with Crippen LogP contribution in [0.25, 0.3) is 0 Å². The molecule has 0 unspecified atom stereocenters. The predicted octanol–water partition coefficient (Wildman–Crippen LogP) is 1.61. The highest BCUT2D eigenvalue weighted by Crippen LogP contribution is 2.24. The normalized spacial score (nSPS) is 19.5. The lowest BCUT2D eigenvalue weighted by atomic mass is 9.93. The van der Waals surface area contributed by atoms with E-state index in [9.17, 15) is 19.2 Å².